The molecular formula is C14H4F5NO5S. The number of hydroxylamine groups is 2. The van der Waals surface area contributed by atoms with E-state index in [1.165, 1.54) is 24.3 Å². The van der Waals surface area contributed by atoms with E-state index in [-0.39, 0.29) is 28.5 Å². The van der Waals surface area contributed by atoms with Crippen molar-refractivity contribution in [2.45, 2.75) is 0 Å². The lowest BCUT2D eigenvalue weighted by Gasteiger charge is -2.11. The van der Waals surface area contributed by atoms with Gasteiger partial charge in [0, 0.05) is 0 Å². The summed E-state index contributed by atoms with van der Waals surface area (Å²) in [6, 6.07) is 5.72. The third-order valence-electron chi connectivity index (χ3n) is 3.18. The highest BCUT2D eigenvalue weighted by Gasteiger charge is 2.37. The first kappa shape index (κ1) is 18.1. The van der Waals surface area contributed by atoms with Gasteiger partial charge in [-0.15, -0.1) is 5.06 Å². The Bertz CT molecular complexity index is 861. The van der Waals surface area contributed by atoms with Crippen LogP contribution in [0.2, 0.25) is 0 Å². The van der Waals surface area contributed by atoms with Crippen LogP contribution < -0.4 is 4.89 Å². The molecule has 12 heteroatoms. The molecule has 2 amide bonds. The van der Waals surface area contributed by atoms with Gasteiger partial charge in [0.1, 0.15) is 0 Å². The minimum atomic E-state index is -2.37. The summed E-state index contributed by atoms with van der Waals surface area (Å²) in [7, 11) is 0. The van der Waals surface area contributed by atoms with Gasteiger partial charge in [-0.25, -0.2) is 13.2 Å². The molecule has 0 spiro atoms. The number of rotatable bonds is 5. The van der Waals surface area contributed by atoms with E-state index in [2.05, 4.69) is 13.5 Å². The third kappa shape index (κ3) is 2.87. The van der Waals surface area contributed by atoms with Gasteiger partial charge >= 0.3 is 0 Å². The Labute approximate surface area is 145 Å². The van der Waals surface area contributed by atoms with Crippen molar-refractivity contribution in [2.75, 3.05) is 0 Å². The molecule has 26 heavy (non-hydrogen) atoms. The second kappa shape index (κ2) is 6.90. The monoisotopic (exact) mass is 393 g/mol. The second-order valence-corrected chi connectivity index (χ2v) is 5.06. The molecule has 1 heterocycles. The molecule has 0 saturated carbocycles. The number of carbonyl (C=O) groups excluding carboxylic acids is 2. The zero-order valence-electron chi connectivity index (χ0n) is 12.1. The molecule has 0 fully saturated rings. The second-order valence-electron chi connectivity index (χ2n) is 4.64. The highest BCUT2D eigenvalue weighted by Crippen LogP contribution is 2.31. The van der Waals surface area contributed by atoms with Crippen molar-refractivity contribution in [1.29, 1.82) is 0 Å². The molecule has 2 aromatic rings. The fourth-order valence-corrected chi connectivity index (χ4v) is 2.30. The zero-order chi connectivity index (χ0) is 19.0. The largest absolute Gasteiger partial charge is 0.317 e. The third-order valence-corrected chi connectivity index (χ3v) is 3.51. The molecule has 3 rings (SSSR count). The normalized spacial score (nSPS) is 13.3. The molecule has 0 saturated heterocycles. The lowest BCUT2D eigenvalue weighted by Crippen LogP contribution is -2.27. The van der Waals surface area contributed by atoms with E-state index >= 15 is 0 Å². The molecule has 0 aromatic heterocycles. The van der Waals surface area contributed by atoms with Crippen LogP contribution in [0.4, 0.5) is 22.0 Å². The molecule has 6 nitrogen and oxygen atoms in total. The van der Waals surface area contributed by atoms with Gasteiger partial charge in [0.25, 0.3) is 11.8 Å². The fourth-order valence-electron chi connectivity index (χ4n) is 1.98. The van der Waals surface area contributed by atoms with Crippen molar-refractivity contribution in [3.63, 3.8) is 0 Å². The van der Waals surface area contributed by atoms with E-state index < -0.39 is 46.6 Å². The average molecular weight is 393 g/mol. The first-order chi connectivity index (χ1) is 12.3. The quantitative estimate of drug-likeness (QED) is 0.113. The van der Waals surface area contributed by atoms with Crippen LogP contribution in [0.1, 0.15) is 20.7 Å². The van der Waals surface area contributed by atoms with Crippen molar-refractivity contribution in [2.24, 2.45) is 0 Å². The van der Waals surface area contributed by atoms with Crippen LogP contribution in [-0.2, 0) is 8.62 Å². The maximum atomic E-state index is 13.3. The summed E-state index contributed by atoms with van der Waals surface area (Å²) in [6.07, 6.45) is 0. The van der Waals surface area contributed by atoms with Crippen LogP contribution in [0.15, 0.2) is 24.3 Å². The summed E-state index contributed by atoms with van der Waals surface area (Å²) in [4.78, 5) is 27.8. The van der Waals surface area contributed by atoms with Crippen molar-refractivity contribution in [3.05, 3.63) is 64.5 Å². The fraction of sp³-hybridized carbons (Fsp3) is 0. The summed E-state index contributed by atoms with van der Waals surface area (Å²) in [5.74, 6) is -14.8. The smallest absolute Gasteiger partial charge is 0.286 e. The Kier molecular flexibility index (Phi) is 4.80. The van der Waals surface area contributed by atoms with Gasteiger partial charge in [-0.05, 0) is 12.1 Å². The van der Waals surface area contributed by atoms with E-state index in [0.29, 0.717) is 0 Å². The van der Waals surface area contributed by atoms with E-state index in [4.69, 9.17) is 0 Å². The maximum absolute atomic E-state index is 13.3. The van der Waals surface area contributed by atoms with Crippen molar-refractivity contribution in [1.82, 2.24) is 5.06 Å². The number of imide groups is 1. The molecule has 0 atom stereocenters. The molecule has 136 valence electrons. The lowest BCUT2D eigenvalue weighted by atomic mass is 10.1. The summed E-state index contributed by atoms with van der Waals surface area (Å²) in [5, 5.41) is 0.261. The average Bonchev–Trinajstić information content (AvgIpc) is 2.89. The number of benzene rings is 2. The van der Waals surface area contributed by atoms with Gasteiger partial charge in [0.2, 0.25) is 47.2 Å². The van der Waals surface area contributed by atoms with Crippen molar-refractivity contribution in [3.8, 4) is 5.75 Å². The Balaban J connectivity index is 1.64. The Morgan fingerprint density at radius 3 is 1.73 bits per heavy atom. The predicted octanol–water partition coefficient (Wildman–Crippen LogP) is 3.48. The highest BCUT2D eigenvalue weighted by molar-refractivity contribution is 7.89. The van der Waals surface area contributed by atoms with Gasteiger partial charge < -0.3 is 4.89 Å². The van der Waals surface area contributed by atoms with Crippen LogP contribution in [0.5, 0.6) is 5.75 Å². The summed E-state index contributed by atoms with van der Waals surface area (Å²) >= 11 is -0.253. The number of carbonyl (C=O) groups is 2. The lowest BCUT2D eigenvalue weighted by molar-refractivity contribution is -0.106. The van der Waals surface area contributed by atoms with Gasteiger partial charge in [-0.1, -0.05) is 16.5 Å². The number of hydrogen-bond donors (Lipinski definition) is 0. The molecular weight excluding hydrogens is 389 g/mol. The van der Waals surface area contributed by atoms with Gasteiger partial charge in [0.05, 0.1) is 11.1 Å². The van der Waals surface area contributed by atoms with Crippen molar-refractivity contribution < 1.29 is 45.0 Å². The molecule has 1 aliphatic rings. The first-order valence-electron chi connectivity index (χ1n) is 6.51. The molecule has 0 aliphatic carbocycles. The number of nitrogens with zero attached hydrogens (tertiary/aromatic N) is 1. The van der Waals surface area contributed by atoms with E-state index in [0.717, 1.165) is 0 Å². The number of halogens is 5. The topological polar surface area (TPSA) is 65.1 Å². The van der Waals surface area contributed by atoms with Gasteiger partial charge in [-0.3, -0.25) is 9.59 Å². The minimum absolute atomic E-state index is 0.0405. The SMILES string of the molecule is O=C1c2ccccc2C(=O)N1OSOOc1c(F)c(F)c(F)c(F)c1F. The van der Waals surface area contributed by atoms with Crippen LogP contribution >= 0.6 is 12.3 Å². The Morgan fingerprint density at radius 2 is 1.23 bits per heavy atom. The first-order valence-corrected chi connectivity index (χ1v) is 7.18. The minimum Gasteiger partial charge on any atom is -0.317 e. The summed E-state index contributed by atoms with van der Waals surface area (Å²) < 4.78 is 74.2. The summed E-state index contributed by atoms with van der Waals surface area (Å²) in [5.41, 5.74) is 0.0811. The van der Waals surface area contributed by atoms with Crippen LogP contribution in [0, 0.1) is 29.1 Å². The van der Waals surface area contributed by atoms with Crippen LogP contribution in [0.3, 0.4) is 0 Å². The molecule has 1 aliphatic heterocycles. The van der Waals surface area contributed by atoms with Crippen LogP contribution in [-0.4, -0.2) is 16.9 Å². The molecule has 0 unspecified atom stereocenters. The summed E-state index contributed by atoms with van der Waals surface area (Å²) in [6.45, 7) is 0. The van der Waals surface area contributed by atoms with Crippen molar-refractivity contribution >= 4 is 24.1 Å². The standard InChI is InChI=1S/C14H4F5NO5S/c15-7-8(16)10(18)12(11(19)9(7)17)23-25-26-24-20-13(21)5-3-1-2-4-6(5)14(20)22/h1-4H. The Morgan fingerprint density at radius 1 is 0.769 bits per heavy atom. The number of amides is 2. The van der Waals surface area contributed by atoms with Gasteiger partial charge in [0.15, 0.2) is 0 Å². The maximum Gasteiger partial charge on any atom is 0.286 e. The number of hydrogen-bond acceptors (Lipinski definition) is 6. The molecule has 2 aromatic carbocycles. The van der Waals surface area contributed by atoms with Crippen LogP contribution in [0.25, 0.3) is 0 Å². The highest BCUT2D eigenvalue weighted by atomic mass is 32.2. The van der Waals surface area contributed by atoms with E-state index in [1.54, 1.807) is 0 Å². The van der Waals surface area contributed by atoms with Gasteiger partial charge in [-0.2, -0.15) is 13.1 Å². The molecule has 0 N–H and O–H groups in total. The van der Waals surface area contributed by atoms with E-state index in [1.807, 2.05) is 0 Å². The number of fused-ring (bicyclic) bond motifs is 1. The predicted molar refractivity (Wildman–Crippen MR) is 73.6 cm³/mol. The molecule has 0 bridgehead atoms. The molecule has 0 radical (unpaired) electrons. The Hall–Kier alpha value is -2.70. The zero-order valence-corrected chi connectivity index (χ0v) is 12.9. The van der Waals surface area contributed by atoms with E-state index in [9.17, 15) is 31.5 Å².